The molecule has 0 radical (unpaired) electrons. The van der Waals surface area contributed by atoms with Gasteiger partial charge >= 0.3 is 0 Å². The maximum Gasteiger partial charge on any atom is 0.0867 e. The van der Waals surface area contributed by atoms with E-state index in [1.807, 2.05) is 4.90 Å². The number of rotatable bonds is 7. The van der Waals surface area contributed by atoms with Crippen LogP contribution in [0.5, 0.6) is 0 Å². The predicted molar refractivity (Wildman–Crippen MR) is 54.2 cm³/mol. The van der Waals surface area contributed by atoms with Crippen LogP contribution < -0.4 is 11.7 Å². The Hall–Kier alpha value is -0.710. The molecule has 0 aliphatic heterocycles. The summed E-state index contributed by atoms with van der Waals surface area (Å²) in [5.74, 6) is 8.00. The molecule has 6 nitrogen and oxygen atoms in total. The first-order chi connectivity index (χ1) is 6.85. The van der Waals surface area contributed by atoms with Crippen LogP contribution in [0.25, 0.3) is 0 Å². The van der Waals surface area contributed by atoms with Crippen LogP contribution in [-0.4, -0.2) is 52.0 Å². The van der Waals surface area contributed by atoms with E-state index in [0.29, 0.717) is 19.8 Å². The van der Waals surface area contributed by atoms with Gasteiger partial charge in [0.05, 0.1) is 25.8 Å². The minimum absolute atomic E-state index is 0.437. The third-order valence-corrected chi connectivity index (χ3v) is 1.52. The number of nitriles is 1. The molecule has 0 atom stereocenters. The molecule has 0 aromatic heterocycles. The van der Waals surface area contributed by atoms with E-state index in [1.54, 1.807) is 14.2 Å². The zero-order valence-electron chi connectivity index (χ0n) is 8.90. The zero-order chi connectivity index (χ0) is 11.2. The second kappa shape index (κ2) is 14.8. The molecule has 0 bridgehead atoms. The van der Waals surface area contributed by atoms with Gasteiger partial charge in [0.1, 0.15) is 0 Å². The topological polar surface area (TPSA) is 97.5 Å². The van der Waals surface area contributed by atoms with E-state index in [1.165, 1.54) is 0 Å². The van der Waals surface area contributed by atoms with Crippen LogP contribution in [0.4, 0.5) is 0 Å². The Labute approximate surface area is 85.3 Å². The highest BCUT2D eigenvalue weighted by Crippen LogP contribution is 1.87. The number of hydrogen-bond acceptors (Lipinski definition) is 6. The van der Waals surface area contributed by atoms with E-state index >= 15 is 0 Å². The molecule has 0 amide bonds. The lowest BCUT2D eigenvalue weighted by atomic mass is 10.5. The van der Waals surface area contributed by atoms with Crippen molar-refractivity contribution in [3.8, 4) is 6.07 Å². The van der Waals surface area contributed by atoms with Crippen molar-refractivity contribution in [2.24, 2.45) is 11.7 Å². The summed E-state index contributed by atoms with van der Waals surface area (Å²) in [7, 11) is 3.31. The minimum atomic E-state index is 0.437. The number of ether oxygens (including phenoxy) is 2. The summed E-state index contributed by atoms with van der Waals surface area (Å²) >= 11 is 0. The molecular weight excluding hydrogens is 184 g/mol. The second-order valence-electron chi connectivity index (χ2n) is 2.42. The predicted octanol–water partition coefficient (Wildman–Crippen LogP) is -1.08. The lowest BCUT2D eigenvalue weighted by Crippen LogP contribution is -2.31. The van der Waals surface area contributed by atoms with Gasteiger partial charge in [0.25, 0.3) is 0 Å². The fourth-order valence-electron chi connectivity index (χ4n) is 0.811. The average molecular weight is 204 g/mol. The largest absolute Gasteiger partial charge is 0.383 e. The minimum Gasteiger partial charge on any atom is -0.383 e. The van der Waals surface area contributed by atoms with Crippen molar-refractivity contribution >= 4 is 0 Å². The van der Waals surface area contributed by atoms with Crippen molar-refractivity contribution in [1.82, 2.24) is 4.90 Å². The van der Waals surface area contributed by atoms with E-state index in [4.69, 9.17) is 14.7 Å². The first-order valence-corrected chi connectivity index (χ1v) is 4.25. The molecule has 0 unspecified atom stereocenters. The molecule has 14 heavy (non-hydrogen) atoms. The molecule has 0 heterocycles. The Balaban J connectivity index is 0. The summed E-state index contributed by atoms with van der Waals surface area (Å²) in [6, 6.07) is 2.10. The Morgan fingerprint density at radius 2 is 1.57 bits per heavy atom. The van der Waals surface area contributed by atoms with Crippen LogP contribution in [0.2, 0.25) is 0 Å². The summed E-state index contributed by atoms with van der Waals surface area (Å²) in [6.07, 6.45) is 0. The molecule has 6 heteroatoms. The summed E-state index contributed by atoms with van der Waals surface area (Å²) in [5, 5.41) is 8.46. The monoisotopic (exact) mass is 204 g/mol. The SMILES string of the molecule is COCCN(CC#N)CCOC.NN. The summed E-state index contributed by atoms with van der Waals surface area (Å²) < 4.78 is 9.81. The number of nitrogens with two attached hydrogens (primary N) is 2. The quantitative estimate of drug-likeness (QED) is 0.311. The van der Waals surface area contributed by atoms with E-state index in [2.05, 4.69) is 17.8 Å². The van der Waals surface area contributed by atoms with Crippen LogP contribution >= 0.6 is 0 Å². The smallest absolute Gasteiger partial charge is 0.0867 e. The van der Waals surface area contributed by atoms with Crippen LogP contribution in [0.15, 0.2) is 0 Å². The maximum absolute atomic E-state index is 8.46. The van der Waals surface area contributed by atoms with Gasteiger partial charge in [-0.15, -0.1) is 0 Å². The molecule has 84 valence electrons. The molecule has 0 spiro atoms. The molecule has 0 aliphatic rings. The fraction of sp³-hybridized carbons (Fsp3) is 0.875. The Morgan fingerprint density at radius 3 is 1.86 bits per heavy atom. The van der Waals surface area contributed by atoms with Gasteiger partial charge < -0.3 is 9.47 Å². The fourth-order valence-corrected chi connectivity index (χ4v) is 0.811. The third-order valence-electron chi connectivity index (χ3n) is 1.52. The first kappa shape index (κ1) is 15.7. The lowest BCUT2D eigenvalue weighted by Gasteiger charge is -2.17. The Bertz CT molecular complexity index is 130. The van der Waals surface area contributed by atoms with Gasteiger partial charge in [0.2, 0.25) is 0 Å². The highest BCUT2D eigenvalue weighted by Gasteiger charge is 2.01. The highest BCUT2D eigenvalue weighted by atomic mass is 16.5. The molecule has 0 aromatic rings. The average Bonchev–Trinajstić information content (AvgIpc) is 2.25. The van der Waals surface area contributed by atoms with E-state index in [9.17, 15) is 0 Å². The van der Waals surface area contributed by atoms with Gasteiger partial charge in [-0.05, 0) is 0 Å². The van der Waals surface area contributed by atoms with Gasteiger partial charge in [-0.25, -0.2) is 0 Å². The number of hydrogen-bond donors (Lipinski definition) is 2. The van der Waals surface area contributed by atoms with Gasteiger partial charge in [-0.1, -0.05) is 0 Å². The summed E-state index contributed by atoms with van der Waals surface area (Å²) in [5.41, 5.74) is 0. The van der Waals surface area contributed by atoms with Gasteiger partial charge in [0.15, 0.2) is 0 Å². The van der Waals surface area contributed by atoms with Crippen molar-refractivity contribution in [3.63, 3.8) is 0 Å². The van der Waals surface area contributed by atoms with E-state index in [0.717, 1.165) is 13.1 Å². The standard InChI is InChI=1S/C8H16N2O2.H4N2/c1-11-7-5-10(4-3-9)6-8-12-2;1-2/h4-8H2,1-2H3;1-2H2. The molecule has 0 rings (SSSR count). The third kappa shape index (κ3) is 11.3. The van der Waals surface area contributed by atoms with Crippen molar-refractivity contribution < 1.29 is 9.47 Å². The van der Waals surface area contributed by atoms with Crippen LogP contribution in [0.3, 0.4) is 0 Å². The summed E-state index contributed by atoms with van der Waals surface area (Å²) in [6.45, 7) is 3.32. The number of hydrazine groups is 1. The van der Waals surface area contributed by atoms with Crippen LogP contribution in [0.1, 0.15) is 0 Å². The van der Waals surface area contributed by atoms with Crippen molar-refractivity contribution in [3.05, 3.63) is 0 Å². The van der Waals surface area contributed by atoms with Gasteiger partial charge in [0, 0.05) is 27.3 Å². The summed E-state index contributed by atoms with van der Waals surface area (Å²) in [4.78, 5) is 1.99. The normalized spacial score (nSPS) is 9.14. The maximum atomic E-state index is 8.46. The molecule has 0 saturated heterocycles. The van der Waals surface area contributed by atoms with Crippen molar-refractivity contribution in [2.75, 3.05) is 47.1 Å². The molecule has 0 aliphatic carbocycles. The molecule has 0 saturated carbocycles. The lowest BCUT2D eigenvalue weighted by molar-refractivity contribution is 0.122. The molecular formula is C8H20N4O2. The Kier molecular flexibility index (Phi) is 16.6. The van der Waals surface area contributed by atoms with E-state index < -0.39 is 0 Å². The van der Waals surface area contributed by atoms with Crippen LogP contribution in [-0.2, 0) is 9.47 Å². The first-order valence-electron chi connectivity index (χ1n) is 4.25. The van der Waals surface area contributed by atoms with Gasteiger partial charge in [-0.3, -0.25) is 16.6 Å². The Morgan fingerprint density at radius 1 is 1.14 bits per heavy atom. The van der Waals surface area contributed by atoms with E-state index in [-0.39, 0.29) is 0 Å². The van der Waals surface area contributed by atoms with Crippen molar-refractivity contribution in [1.29, 1.82) is 5.26 Å². The van der Waals surface area contributed by atoms with Crippen LogP contribution in [0, 0.1) is 11.3 Å². The highest BCUT2D eigenvalue weighted by molar-refractivity contribution is 4.76. The number of methoxy groups -OCH3 is 2. The number of nitrogens with zero attached hydrogens (tertiary/aromatic N) is 2. The van der Waals surface area contributed by atoms with Crippen molar-refractivity contribution in [2.45, 2.75) is 0 Å². The second-order valence-corrected chi connectivity index (χ2v) is 2.42. The zero-order valence-corrected chi connectivity index (χ0v) is 8.90. The molecule has 0 aromatic carbocycles. The van der Waals surface area contributed by atoms with Gasteiger partial charge in [-0.2, -0.15) is 5.26 Å². The molecule has 4 N–H and O–H groups in total. The molecule has 0 fully saturated rings.